The summed E-state index contributed by atoms with van der Waals surface area (Å²) in [6, 6.07) is 6.16. The van der Waals surface area contributed by atoms with Crippen molar-refractivity contribution in [2.75, 3.05) is 25.0 Å². The van der Waals surface area contributed by atoms with Crippen LogP contribution < -0.4 is 5.32 Å². The van der Waals surface area contributed by atoms with E-state index >= 15 is 0 Å². The second-order valence-electron chi connectivity index (χ2n) is 5.73. The van der Waals surface area contributed by atoms with Crippen molar-refractivity contribution < 1.29 is 4.79 Å². The van der Waals surface area contributed by atoms with Crippen molar-refractivity contribution in [2.45, 2.75) is 33.1 Å². The van der Waals surface area contributed by atoms with Crippen molar-refractivity contribution in [3.05, 3.63) is 28.2 Å². The predicted molar refractivity (Wildman–Crippen MR) is 87.0 cm³/mol. The second-order valence-corrected chi connectivity index (χ2v) is 6.58. The third-order valence-corrected chi connectivity index (χ3v) is 4.73. The quantitative estimate of drug-likeness (QED) is 0.905. The lowest BCUT2D eigenvalue weighted by Gasteiger charge is -2.31. The minimum absolute atomic E-state index is 0.276. The van der Waals surface area contributed by atoms with Gasteiger partial charge in [0.15, 0.2) is 0 Å². The van der Waals surface area contributed by atoms with Gasteiger partial charge >= 0.3 is 0 Å². The molecular weight excluding hydrogens is 316 g/mol. The molecule has 0 aliphatic carbocycles. The summed E-state index contributed by atoms with van der Waals surface area (Å²) in [6.45, 7) is 6.85. The number of rotatable bonds is 4. The van der Waals surface area contributed by atoms with E-state index in [9.17, 15) is 4.79 Å². The molecule has 1 atom stereocenters. The predicted octanol–water partition coefficient (Wildman–Crippen LogP) is 3.82. The van der Waals surface area contributed by atoms with Crippen LogP contribution in [0.1, 0.15) is 31.7 Å². The molecule has 110 valence electrons. The fourth-order valence-corrected chi connectivity index (χ4v) is 2.89. The van der Waals surface area contributed by atoms with Crippen LogP contribution in [-0.2, 0) is 4.79 Å². The molecule has 1 amide bonds. The van der Waals surface area contributed by atoms with E-state index in [0.29, 0.717) is 18.9 Å². The summed E-state index contributed by atoms with van der Waals surface area (Å²) in [4.78, 5) is 14.1. The van der Waals surface area contributed by atoms with Crippen LogP contribution in [0.4, 0.5) is 5.69 Å². The number of benzene rings is 1. The van der Waals surface area contributed by atoms with Gasteiger partial charge in [0.2, 0.25) is 5.91 Å². The molecule has 1 fully saturated rings. The molecule has 3 nitrogen and oxygen atoms in total. The molecule has 20 heavy (non-hydrogen) atoms. The Bertz CT molecular complexity index is 476. The van der Waals surface area contributed by atoms with Gasteiger partial charge in [-0.05, 0) is 49.4 Å². The van der Waals surface area contributed by atoms with Crippen molar-refractivity contribution >= 4 is 27.5 Å². The van der Waals surface area contributed by atoms with Gasteiger partial charge in [0.05, 0.1) is 0 Å². The first-order valence-corrected chi connectivity index (χ1v) is 8.13. The van der Waals surface area contributed by atoms with Crippen LogP contribution >= 0.6 is 15.9 Å². The molecule has 2 rings (SSSR count). The van der Waals surface area contributed by atoms with Crippen LogP contribution in [0.25, 0.3) is 0 Å². The van der Waals surface area contributed by atoms with E-state index in [0.717, 1.165) is 29.7 Å². The van der Waals surface area contributed by atoms with E-state index in [4.69, 9.17) is 0 Å². The molecule has 1 aromatic rings. The largest absolute Gasteiger partial charge is 0.385 e. The second kappa shape index (κ2) is 7.11. The molecule has 1 aliphatic rings. The summed E-state index contributed by atoms with van der Waals surface area (Å²) in [6.07, 6.45) is 2.97. The number of hydrogen-bond acceptors (Lipinski definition) is 2. The number of amides is 1. The summed E-state index contributed by atoms with van der Waals surface area (Å²) >= 11 is 3.49. The van der Waals surface area contributed by atoms with E-state index in [2.05, 4.69) is 41.2 Å². The molecule has 1 aromatic carbocycles. The van der Waals surface area contributed by atoms with Crippen molar-refractivity contribution in [1.29, 1.82) is 0 Å². The fourth-order valence-electron chi connectivity index (χ4n) is 2.64. The molecule has 1 aliphatic heterocycles. The van der Waals surface area contributed by atoms with Crippen LogP contribution in [0.5, 0.6) is 0 Å². The molecule has 1 unspecified atom stereocenters. The summed E-state index contributed by atoms with van der Waals surface area (Å²) in [5.41, 5.74) is 2.27. The van der Waals surface area contributed by atoms with Gasteiger partial charge in [-0.15, -0.1) is 0 Å². The summed E-state index contributed by atoms with van der Waals surface area (Å²) in [7, 11) is 0. The summed E-state index contributed by atoms with van der Waals surface area (Å²) in [5.74, 6) is 0.924. The first-order valence-electron chi connectivity index (χ1n) is 7.34. The standard InChI is InChI=1S/C16H23BrN2O/c1-12-4-3-9-19(11-12)16(20)7-8-18-14-5-6-15(17)13(2)10-14/h5-6,10,12,18H,3-4,7-9,11H2,1-2H3. The van der Waals surface area contributed by atoms with E-state index in [-0.39, 0.29) is 5.91 Å². The number of nitrogens with one attached hydrogen (secondary N) is 1. The van der Waals surface area contributed by atoms with E-state index in [1.165, 1.54) is 12.0 Å². The zero-order chi connectivity index (χ0) is 14.5. The van der Waals surface area contributed by atoms with Gasteiger partial charge in [-0.25, -0.2) is 0 Å². The van der Waals surface area contributed by atoms with E-state index in [1.807, 2.05) is 17.0 Å². The molecule has 0 aromatic heterocycles. The lowest BCUT2D eigenvalue weighted by atomic mass is 10.00. The Kier molecular flexibility index (Phi) is 5.46. The third-order valence-electron chi connectivity index (χ3n) is 3.84. The van der Waals surface area contributed by atoms with Crippen molar-refractivity contribution in [1.82, 2.24) is 4.90 Å². The maximum Gasteiger partial charge on any atom is 0.224 e. The highest BCUT2D eigenvalue weighted by Gasteiger charge is 2.20. The fraction of sp³-hybridized carbons (Fsp3) is 0.562. The van der Waals surface area contributed by atoms with Crippen molar-refractivity contribution in [2.24, 2.45) is 5.92 Å². The Balaban J connectivity index is 1.77. The van der Waals surface area contributed by atoms with Crippen LogP contribution in [-0.4, -0.2) is 30.4 Å². The smallest absolute Gasteiger partial charge is 0.224 e. The van der Waals surface area contributed by atoms with Crippen molar-refractivity contribution in [3.63, 3.8) is 0 Å². The number of piperidine rings is 1. The Labute approximate surface area is 129 Å². The zero-order valence-electron chi connectivity index (χ0n) is 12.3. The van der Waals surface area contributed by atoms with Gasteiger partial charge in [0, 0.05) is 36.2 Å². The molecule has 1 heterocycles. The number of carbonyl (C=O) groups is 1. The number of aryl methyl sites for hydroxylation is 1. The number of hydrogen-bond donors (Lipinski definition) is 1. The minimum Gasteiger partial charge on any atom is -0.385 e. The normalized spacial score (nSPS) is 18.9. The Morgan fingerprint density at radius 1 is 1.50 bits per heavy atom. The third kappa shape index (κ3) is 4.23. The monoisotopic (exact) mass is 338 g/mol. The summed E-state index contributed by atoms with van der Waals surface area (Å²) < 4.78 is 1.11. The molecule has 1 saturated heterocycles. The highest BCUT2D eigenvalue weighted by molar-refractivity contribution is 9.10. The highest BCUT2D eigenvalue weighted by Crippen LogP contribution is 2.20. The van der Waals surface area contributed by atoms with Crippen LogP contribution in [0, 0.1) is 12.8 Å². The topological polar surface area (TPSA) is 32.3 Å². The average Bonchev–Trinajstić information content (AvgIpc) is 2.42. The summed E-state index contributed by atoms with van der Waals surface area (Å²) in [5, 5.41) is 3.33. The Morgan fingerprint density at radius 3 is 3.00 bits per heavy atom. The Morgan fingerprint density at radius 2 is 2.30 bits per heavy atom. The number of likely N-dealkylation sites (tertiary alicyclic amines) is 1. The lowest BCUT2D eigenvalue weighted by Crippen LogP contribution is -2.39. The molecule has 0 saturated carbocycles. The van der Waals surface area contributed by atoms with Gasteiger partial charge in [-0.3, -0.25) is 4.79 Å². The number of carbonyl (C=O) groups excluding carboxylic acids is 1. The Hall–Kier alpha value is -1.03. The first-order chi connectivity index (χ1) is 9.56. The zero-order valence-corrected chi connectivity index (χ0v) is 13.9. The van der Waals surface area contributed by atoms with Crippen LogP contribution in [0.2, 0.25) is 0 Å². The van der Waals surface area contributed by atoms with Gasteiger partial charge in [0.1, 0.15) is 0 Å². The maximum absolute atomic E-state index is 12.1. The first kappa shape index (κ1) is 15.4. The van der Waals surface area contributed by atoms with Gasteiger partial charge < -0.3 is 10.2 Å². The van der Waals surface area contributed by atoms with Gasteiger partial charge in [-0.1, -0.05) is 22.9 Å². The van der Waals surface area contributed by atoms with E-state index in [1.54, 1.807) is 0 Å². The van der Waals surface area contributed by atoms with Crippen molar-refractivity contribution in [3.8, 4) is 0 Å². The van der Waals surface area contributed by atoms with Crippen LogP contribution in [0.3, 0.4) is 0 Å². The van der Waals surface area contributed by atoms with Crippen LogP contribution in [0.15, 0.2) is 22.7 Å². The highest BCUT2D eigenvalue weighted by atomic mass is 79.9. The molecular formula is C16H23BrN2O. The number of anilines is 1. The van der Waals surface area contributed by atoms with E-state index < -0.39 is 0 Å². The van der Waals surface area contributed by atoms with Gasteiger partial charge in [-0.2, -0.15) is 0 Å². The number of halogens is 1. The lowest BCUT2D eigenvalue weighted by molar-refractivity contribution is -0.132. The molecule has 1 N–H and O–H groups in total. The SMILES string of the molecule is Cc1cc(NCCC(=O)N2CCCC(C)C2)ccc1Br. The molecule has 0 spiro atoms. The van der Waals surface area contributed by atoms with Gasteiger partial charge in [0.25, 0.3) is 0 Å². The molecule has 4 heteroatoms. The average molecular weight is 339 g/mol. The number of nitrogens with zero attached hydrogens (tertiary/aromatic N) is 1. The maximum atomic E-state index is 12.1. The minimum atomic E-state index is 0.276. The molecule has 0 bridgehead atoms. The molecule has 0 radical (unpaired) electrons.